The first-order valence-corrected chi connectivity index (χ1v) is 5.77. The SMILES string of the molecule is CCN1CC(CCC(=O)O)CC(NC)C1. The second-order valence-corrected chi connectivity index (χ2v) is 4.37. The van der Waals surface area contributed by atoms with Gasteiger partial charge >= 0.3 is 5.97 Å². The Labute approximate surface area is 91.6 Å². The minimum Gasteiger partial charge on any atom is -0.481 e. The molecule has 2 N–H and O–H groups in total. The van der Waals surface area contributed by atoms with Crippen LogP contribution < -0.4 is 5.32 Å². The Morgan fingerprint density at radius 2 is 2.27 bits per heavy atom. The van der Waals surface area contributed by atoms with Gasteiger partial charge in [-0.2, -0.15) is 0 Å². The van der Waals surface area contributed by atoms with Crippen LogP contribution in [0, 0.1) is 5.92 Å². The number of nitrogens with zero attached hydrogens (tertiary/aromatic N) is 1. The molecular weight excluding hydrogens is 192 g/mol. The van der Waals surface area contributed by atoms with Gasteiger partial charge in [0.2, 0.25) is 0 Å². The van der Waals surface area contributed by atoms with E-state index in [9.17, 15) is 4.79 Å². The lowest BCUT2D eigenvalue weighted by Crippen LogP contribution is -2.48. The van der Waals surface area contributed by atoms with Gasteiger partial charge in [0.25, 0.3) is 0 Å². The molecule has 0 aromatic carbocycles. The molecule has 1 aliphatic heterocycles. The largest absolute Gasteiger partial charge is 0.481 e. The van der Waals surface area contributed by atoms with Crippen molar-refractivity contribution >= 4 is 5.97 Å². The highest BCUT2D eigenvalue weighted by Crippen LogP contribution is 2.21. The number of likely N-dealkylation sites (N-methyl/N-ethyl adjacent to an activating group) is 2. The maximum absolute atomic E-state index is 10.5. The number of carboxylic acids is 1. The van der Waals surface area contributed by atoms with Gasteiger partial charge in [-0.25, -0.2) is 0 Å². The van der Waals surface area contributed by atoms with Crippen molar-refractivity contribution in [3.05, 3.63) is 0 Å². The smallest absolute Gasteiger partial charge is 0.303 e. The fourth-order valence-corrected chi connectivity index (χ4v) is 2.31. The predicted molar refractivity (Wildman–Crippen MR) is 59.9 cm³/mol. The van der Waals surface area contributed by atoms with Crippen LogP contribution in [0.2, 0.25) is 0 Å². The number of carboxylic acid groups (broad SMARTS) is 1. The summed E-state index contributed by atoms with van der Waals surface area (Å²) in [6, 6.07) is 0.525. The first-order valence-electron chi connectivity index (χ1n) is 5.77. The van der Waals surface area contributed by atoms with Crippen LogP contribution in [0.4, 0.5) is 0 Å². The van der Waals surface area contributed by atoms with E-state index in [-0.39, 0.29) is 0 Å². The first kappa shape index (κ1) is 12.5. The van der Waals surface area contributed by atoms with Crippen LogP contribution in [0.5, 0.6) is 0 Å². The maximum atomic E-state index is 10.5. The molecule has 1 aliphatic rings. The van der Waals surface area contributed by atoms with Crippen LogP contribution >= 0.6 is 0 Å². The summed E-state index contributed by atoms with van der Waals surface area (Å²) in [5.74, 6) is -0.142. The Balaban J connectivity index is 2.39. The third-order valence-corrected chi connectivity index (χ3v) is 3.23. The van der Waals surface area contributed by atoms with Crippen molar-refractivity contribution in [2.24, 2.45) is 5.92 Å². The van der Waals surface area contributed by atoms with Crippen LogP contribution in [0.3, 0.4) is 0 Å². The van der Waals surface area contributed by atoms with Gasteiger partial charge in [-0.15, -0.1) is 0 Å². The zero-order valence-corrected chi connectivity index (χ0v) is 9.70. The Kier molecular flexibility index (Phi) is 5.05. The maximum Gasteiger partial charge on any atom is 0.303 e. The molecule has 1 saturated heterocycles. The number of carbonyl (C=O) groups is 1. The van der Waals surface area contributed by atoms with Crippen LogP contribution in [-0.2, 0) is 4.79 Å². The summed E-state index contributed by atoms with van der Waals surface area (Å²) < 4.78 is 0. The highest BCUT2D eigenvalue weighted by atomic mass is 16.4. The standard InChI is InChI=1S/C11H22N2O2/c1-3-13-7-9(4-5-11(14)15)6-10(8-13)12-2/h9-10,12H,3-8H2,1-2H3,(H,14,15). The van der Waals surface area contributed by atoms with E-state index in [0.29, 0.717) is 18.4 Å². The third kappa shape index (κ3) is 4.18. The normalized spacial score (nSPS) is 27.9. The zero-order valence-electron chi connectivity index (χ0n) is 9.70. The van der Waals surface area contributed by atoms with E-state index >= 15 is 0 Å². The van der Waals surface area contributed by atoms with Crippen LogP contribution in [0.25, 0.3) is 0 Å². The van der Waals surface area contributed by atoms with Crippen molar-refractivity contribution in [1.82, 2.24) is 10.2 Å². The van der Waals surface area contributed by atoms with Gasteiger partial charge in [-0.05, 0) is 32.4 Å². The van der Waals surface area contributed by atoms with Gasteiger partial charge in [-0.1, -0.05) is 6.92 Å². The molecule has 0 aromatic rings. The molecule has 4 heteroatoms. The lowest BCUT2D eigenvalue weighted by atomic mass is 9.90. The molecule has 0 amide bonds. The number of rotatable bonds is 5. The van der Waals surface area contributed by atoms with Crippen LogP contribution in [0.15, 0.2) is 0 Å². The molecule has 0 radical (unpaired) electrons. The average Bonchev–Trinajstić information content (AvgIpc) is 2.25. The summed E-state index contributed by atoms with van der Waals surface area (Å²) in [4.78, 5) is 12.9. The molecule has 4 nitrogen and oxygen atoms in total. The summed E-state index contributed by atoms with van der Waals surface area (Å²) in [6.45, 7) is 5.37. The van der Waals surface area contributed by atoms with Crippen molar-refractivity contribution in [2.75, 3.05) is 26.7 Å². The molecule has 15 heavy (non-hydrogen) atoms. The first-order chi connectivity index (χ1) is 7.15. The Hall–Kier alpha value is -0.610. The minimum atomic E-state index is -0.676. The Bertz CT molecular complexity index is 197. The molecule has 2 unspecified atom stereocenters. The molecule has 0 aliphatic carbocycles. The highest BCUT2D eigenvalue weighted by molar-refractivity contribution is 5.66. The van der Waals surface area contributed by atoms with E-state index in [4.69, 9.17) is 5.11 Å². The van der Waals surface area contributed by atoms with Crippen molar-refractivity contribution in [3.63, 3.8) is 0 Å². The Morgan fingerprint density at radius 3 is 2.80 bits per heavy atom. The van der Waals surface area contributed by atoms with E-state index in [1.165, 1.54) is 0 Å². The number of aliphatic carboxylic acids is 1. The number of likely N-dealkylation sites (tertiary alicyclic amines) is 1. The summed E-state index contributed by atoms with van der Waals surface area (Å²) in [5.41, 5.74) is 0. The number of piperidine rings is 1. The Morgan fingerprint density at radius 1 is 1.53 bits per heavy atom. The van der Waals surface area contributed by atoms with Gasteiger partial charge < -0.3 is 15.3 Å². The monoisotopic (exact) mass is 214 g/mol. The van der Waals surface area contributed by atoms with E-state index in [2.05, 4.69) is 17.1 Å². The minimum absolute atomic E-state index is 0.304. The second-order valence-electron chi connectivity index (χ2n) is 4.37. The second kappa shape index (κ2) is 6.08. The number of nitrogens with one attached hydrogen (secondary N) is 1. The summed E-state index contributed by atoms with van der Waals surface area (Å²) in [5, 5.41) is 12.0. The molecule has 0 spiro atoms. The fourth-order valence-electron chi connectivity index (χ4n) is 2.31. The lowest BCUT2D eigenvalue weighted by molar-refractivity contribution is -0.137. The van der Waals surface area contributed by atoms with Crippen molar-refractivity contribution < 1.29 is 9.90 Å². The lowest BCUT2D eigenvalue weighted by Gasteiger charge is -2.37. The van der Waals surface area contributed by atoms with Gasteiger partial charge in [-0.3, -0.25) is 4.79 Å². The molecule has 88 valence electrons. The summed E-state index contributed by atoms with van der Waals surface area (Å²) in [6.07, 6.45) is 2.23. The van der Waals surface area contributed by atoms with Gasteiger partial charge in [0.05, 0.1) is 0 Å². The summed E-state index contributed by atoms with van der Waals surface area (Å²) >= 11 is 0. The molecular formula is C11H22N2O2. The topological polar surface area (TPSA) is 52.6 Å². The van der Waals surface area contributed by atoms with E-state index in [1.54, 1.807) is 0 Å². The molecule has 0 aromatic heterocycles. The van der Waals surface area contributed by atoms with E-state index in [0.717, 1.165) is 32.5 Å². The van der Waals surface area contributed by atoms with E-state index in [1.807, 2.05) is 7.05 Å². The van der Waals surface area contributed by atoms with Crippen molar-refractivity contribution in [2.45, 2.75) is 32.2 Å². The van der Waals surface area contributed by atoms with Crippen LogP contribution in [-0.4, -0.2) is 48.7 Å². The third-order valence-electron chi connectivity index (χ3n) is 3.23. The fraction of sp³-hybridized carbons (Fsp3) is 0.909. The molecule has 1 rings (SSSR count). The number of hydrogen-bond acceptors (Lipinski definition) is 3. The number of hydrogen-bond donors (Lipinski definition) is 2. The zero-order chi connectivity index (χ0) is 11.3. The molecule has 0 saturated carbocycles. The van der Waals surface area contributed by atoms with Crippen molar-refractivity contribution in [3.8, 4) is 0 Å². The van der Waals surface area contributed by atoms with E-state index < -0.39 is 5.97 Å². The average molecular weight is 214 g/mol. The van der Waals surface area contributed by atoms with Gasteiger partial charge in [0, 0.05) is 25.6 Å². The van der Waals surface area contributed by atoms with Crippen LogP contribution in [0.1, 0.15) is 26.2 Å². The molecule has 2 atom stereocenters. The molecule has 1 heterocycles. The summed E-state index contributed by atoms with van der Waals surface area (Å²) in [7, 11) is 1.98. The van der Waals surface area contributed by atoms with Gasteiger partial charge in [0.1, 0.15) is 0 Å². The highest BCUT2D eigenvalue weighted by Gasteiger charge is 2.25. The molecule has 0 bridgehead atoms. The quantitative estimate of drug-likeness (QED) is 0.710. The van der Waals surface area contributed by atoms with Gasteiger partial charge in [0.15, 0.2) is 0 Å². The molecule has 1 fully saturated rings. The predicted octanol–water partition coefficient (Wildman–Crippen LogP) is 0.781. The van der Waals surface area contributed by atoms with Crippen molar-refractivity contribution in [1.29, 1.82) is 0 Å².